The second-order valence-corrected chi connectivity index (χ2v) is 5.91. The quantitative estimate of drug-likeness (QED) is 0.851. The van der Waals surface area contributed by atoms with Crippen LogP contribution < -0.4 is 0 Å². The first-order valence-electron chi connectivity index (χ1n) is 7.78. The largest absolute Gasteiger partial charge is 0.444 e. The molecule has 1 aromatic rings. The zero-order valence-electron chi connectivity index (χ0n) is 12.9. The Morgan fingerprint density at radius 1 is 1.41 bits per heavy atom. The Kier molecular flexibility index (Phi) is 4.04. The van der Waals surface area contributed by atoms with Gasteiger partial charge in [-0.15, -0.1) is 0 Å². The highest BCUT2D eigenvalue weighted by molar-refractivity contribution is 5.92. The second-order valence-electron chi connectivity index (χ2n) is 5.91. The predicted octanol–water partition coefficient (Wildman–Crippen LogP) is 1.82. The summed E-state index contributed by atoms with van der Waals surface area (Å²) in [4.78, 5) is 27.8. The molecule has 0 N–H and O–H groups in total. The van der Waals surface area contributed by atoms with E-state index in [0.29, 0.717) is 31.1 Å². The molecule has 0 aliphatic carbocycles. The molecule has 1 unspecified atom stereocenters. The molecule has 1 aromatic heterocycles. The van der Waals surface area contributed by atoms with E-state index in [9.17, 15) is 9.59 Å². The third kappa shape index (κ3) is 2.80. The maximum Gasteiger partial charge on any atom is 0.410 e. The number of rotatable bonds is 3. The molecule has 2 fully saturated rings. The summed E-state index contributed by atoms with van der Waals surface area (Å²) in [6, 6.07) is 1.81. The summed E-state index contributed by atoms with van der Waals surface area (Å²) in [5.74, 6) is 0.523. The van der Waals surface area contributed by atoms with Crippen molar-refractivity contribution in [1.82, 2.24) is 15.0 Å². The molecule has 0 bridgehead atoms. The number of amides is 2. The first-order chi connectivity index (χ1) is 10.6. The average Bonchev–Trinajstić information content (AvgIpc) is 3.12. The van der Waals surface area contributed by atoms with Crippen LogP contribution in [0.2, 0.25) is 0 Å². The van der Waals surface area contributed by atoms with Gasteiger partial charge in [-0.05, 0) is 26.2 Å². The molecule has 0 aromatic carbocycles. The molecule has 3 rings (SSSR count). The molecule has 2 aliphatic rings. The van der Waals surface area contributed by atoms with Crippen LogP contribution in [0.3, 0.4) is 0 Å². The van der Waals surface area contributed by atoms with Crippen LogP contribution in [0.1, 0.15) is 42.4 Å². The predicted molar refractivity (Wildman–Crippen MR) is 77.4 cm³/mol. The molecule has 2 saturated heterocycles. The van der Waals surface area contributed by atoms with E-state index in [2.05, 4.69) is 5.16 Å². The number of hydrogen-bond donors (Lipinski definition) is 0. The SMILES string of the molecule is CCC1CN(C2CCN(C(=O)c3cc(C)on3)CC2)C(=O)O1. The van der Waals surface area contributed by atoms with E-state index in [1.807, 2.05) is 11.8 Å². The molecule has 7 heteroatoms. The van der Waals surface area contributed by atoms with Crippen molar-refractivity contribution in [3.63, 3.8) is 0 Å². The van der Waals surface area contributed by atoms with E-state index in [1.165, 1.54) is 0 Å². The molecule has 2 aliphatic heterocycles. The minimum absolute atomic E-state index is 0.00488. The van der Waals surface area contributed by atoms with E-state index in [-0.39, 0.29) is 24.1 Å². The molecule has 0 saturated carbocycles. The molecule has 0 spiro atoms. The Morgan fingerprint density at radius 2 is 2.14 bits per heavy atom. The Labute approximate surface area is 129 Å². The highest BCUT2D eigenvalue weighted by Crippen LogP contribution is 2.24. The van der Waals surface area contributed by atoms with Gasteiger partial charge in [-0.1, -0.05) is 12.1 Å². The number of ether oxygens (including phenoxy) is 1. The van der Waals surface area contributed by atoms with Crippen LogP contribution in [0.4, 0.5) is 4.79 Å². The first kappa shape index (κ1) is 14.9. The van der Waals surface area contributed by atoms with E-state index in [0.717, 1.165) is 19.3 Å². The van der Waals surface area contributed by atoms with E-state index in [4.69, 9.17) is 9.26 Å². The zero-order chi connectivity index (χ0) is 15.7. The van der Waals surface area contributed by atoms with Crippen molar-refractivity contribution in [3.05, 3.63) is 17.5 Å². The summed E-state index contributed by atoms with van der Waals surface area (Å²) in [5.41, 5.74) is 0.350. The van der Waals surface area contributed by atoms with E-state index in [1.54, 1.807) is 17.9 Å². The lowest BCUT2D eigenvalue weighted by Crippen LogP contribution is -2.47. The average molecular weight is 307 g/mol. The Hall–Kier alpha value is -2.05. The summed E-state index contributed by atoms with van der Waals surface area (Å²) < 4.78 is 10.3. The number of carbonyl (C=O) groups is 2. The van der Waals surface area contributed by atoms with Crippen molar-refractivity contribution in [2.75, 3.05) is 19.6 Å². The van der Waals surface area contributed by atoms with Gasteiger partial charge in [-0.2, -0.15) is 0 Å². The van der Waals surface area contributed by atoms with Crippen molar-refractivity contribution in [2.24, 2.45) is 0 Å². The minimum atomic E-state index is -0.219. The number of nitrogens with zero attached hydrogens (tertiary/aromatic N) is 3. The number of aromatic nitrogens is 1. The maximum absolute atomic E-state index is 12.3. The molecule has 7 nitrogen and oxygen atoms in total. The fourth-order valence-corrected chi connectivity index (χ4v) is 3.06. The van der Waals surface area contributed by atoms with Gasteiger partial charge >= 0.3 is 6.09 Å². The van der Waals surface area contributed by atoms with Gasteiger partial charge in [0, 0.05) is 25.2 Å². The summed E-state index contributed by atoms with van der Waals surface area (Å²) in [5, 5.41) is 3.77. The maximum atomic E-state index is 12.3. The van der Waals surface area contributed by atoms with Crippen molar-refractivity contribution in [2.45, 2.75) is 45.3 Å². The van der Waals surface area contributed by atoms with Crippen LogP contribution in [-0.2, 0) is 4.74 Å². The van der Waals surface area contributed by atoms with Gasteiger partial charge in [0.15, 0.2) is 5.69 Å². The van der Waals surface area contributed by atoms with Crippen molar-refractivity contribution < 1.29 is 18.8 Å². The molecular formula is C15H21N3O4. The van der Waals surface area contributed by atoms with Gasteiger partial charge in [0.2, 0.25) is 0 Å². The van der Waals surface area contributed by atoms with Crippen LogP contribution in [0.15, 0.2) is 10.6 Å². The Morgan fingerprint density at radius 3 is 2.68 bits per heavy atom. The molecule has 3 heterocycles. The fraction of sp³-hybridized carbons (Fsp3) is 0.667. The summed E-state index contributed by atoms with van der Waals surface area (Å²) in [7, 11) is 0. The molecule has 22 heavy (non-hydrogen) atoms. The van der Waals surface area contributed by atoms with Crippen LogP contribution in [0, 0.1) is 6.92 Å². The second kappa shape index (κ2) is 5.98. The lowest BCUT2D eigenvalue weighted by molar-refractivity contribution is 0.0648. The summed E-state index contributed by atoms with van der Waals surface area (Å²) >= 11 is 0. The third-order valence-corrected chi connectivity index (χ3v) is 4.40. The number of aryl methyl sites for hydroxylation is 1. The van der Waals surface area contributed by atoms with Crippen molar-refractivity contribution >= 4 is 12.0 Å². The highest BCUT2D eigenvalue weighted by Gasteiger charge is 2.37. The third-order valence-electron chi connectivity index (χ3n) is 4.40. The number of cyclic esters (lactones) is 1. The molecular weight excluding hydrogens is 286 g/mol. The van der Waals surface area contributed by atoms with Crippen molar-refractivity contribution in [3.8, 4) is 0 Å². The van der Waals surface area contributed by atoms with Crippen LogP contribution in [0.25, 0.3) is 0 Å². The number of hydrogen-bond acceptors (Lipinski definition) is 5. The van der Waals surface area contributed by atoms with Gasteiger partial charge in [0.05, 0.1) is 6.54 Å². The van der Waals surface area contributed by atoms with Gasteiger partial charge in [-0.3, -0.25) is 4.79 Å². The highest BCUT2D eigenvalue weighted by atomic mass is 16.6. The van der Waals surface area contributed by atoms with E-state index >= 15 is 0 Å². The van der Waals surface area contributed by atoms with Gasteiger partial charge in [0.1, 0.15) is 11.9 Å². The first-order valence-corrected chi connectivity index (χ1v) is 7.78. The van der Waals surface area contributed by atoms with Crippen LogP contribution in [-0.4, -0.2) is 58.7 Å². The zero-order valence-corrected chi connectivity index (χ0v) is 12.9. The fourth-order valence-electron chi connectivity index (χ4n) is 3.06. The van der Waals surface area contributed by atoms with E-state index < -0.39 is 0 Å². The molecule has 0 radical (unpaired) electrons. The van der Waals surface area contributed by atoms with Crippen LogP contribution >= 0.6 is 0 Å². The topological polar surface area (TPSA) is 75.9 Å². The molecule has 1 atom stereocenters. The Bertz CT molecular complexity index is 563. The smallest absolute Gasteiger partial charge is 0.410 e. The number of likely N-dealkylation sites (tertiary alicyclic amines) is 1. The van der Waals surface area contributed by atoms with Crippen LogP contribution in [0.5, 0.6) is 0 Å². The minimum Gasteiger partial charge on any atom is -0.444 e. The normalized spacial score (nSPS) is 23.0. The molecule has 120 valence electrons. The monoisotopic (exact) mass is 307 g/mol. The lowest BCUT2D eigenvalue weighted by Gasteiger charge is -2.35. The molecule has 2 amide bonds. The lowest BCUT2D eigenvalue weighted by atomic mass is 10.0. The van der Waals surface area contributed by atoms with Crippen molar-refractivity contribution in [1.29, 1.82) is 0 Å². The summed E-state index contributed by atoms with van der Waals surface area (Å²) in [6.07, 6.45) is 2.17. The number of piperidine rings is 1. The van der Waals surface area contributed by atoms with Gasteiger partial charge in [-0.25, -0.2) is 4.79 Å². The van der Waals surface area contributed by atoms with Gasteiger partial charge in [0.25, 0.3) is 5.91 Å². The standard InChI is InChI=1S/C15H21N3O4/c1-3-12-9-18(15(20)21-12)11-4-6-17(7-5-11)14(19)13-8-10(2)22-16-13/h8,11-12H,3-7,9H2,1-2H3. The van der Waals surface area contributed by atoms with Gasteiger partial charge < -0.3 is 19.1 Å². The number of carbonyl (C=O) groups excluding carboxylic acids is 2. The Balaban J connectivity index is 1.56. The summed E-state index contributed by atoms with van der Waals surface area (Å²) in [6.45, 7) is 5.68.